The summed E-state index contributed by atoms with van der Waals surface area (Å²) in [5.74, 6) is 0. The number of alkyl halides is 3. The van der Waals surface area contributed by atoms with Crippen LogP contribution in [0.4, 0.5) is 13.2 Å². The van der Waals surface area contributed by atoms with Crippen LogP contribution in [0.25, 0.3) is 0 Å². The molecule has 2 aromatic rings. The van der Waals surface area contributed by atoms with E-state index < -0.39 is 11.9 Å². The minimum Gasteiger partial charge on any atom is -0.311 e. The fourth-order valence-corrected chi connectivity index (χ4v) is 2.33. The van der Waals surface area contributed by atoms with Crippen LogP contribution in [0.2, 0.25) is 0 Å². The predicted octanol–water partition coefficient (Wildman–Crippen LogP) is 3.73. The molecule has 21 heavy (non-hydrogen) atoms. The van der Waals surface area contributed by atoms with Gasteiger partial charge in [-0.05, 0) is 32.5 Å². The van der Waals surface area contributed by atoms with E-state index in [4.69, 9.17) is 0 Å². The molecule has 2 rings (SSSR count). The van der Waals surface area contributed by atoms with Crippen molar-refractivity contribution in [1.82, 2.24) is 15.1 Å². The normalized spacial score (nSPS) is 15.0. The quantitative estimate of drug-likeness (QED) is 0.932. The highest BCUT2D eigenvalue weighted by Gasteiger charge is 2.34. The molecule has 0 amide bonds. The topological polar surface area (TPSA) is 29.9 Å². The summed E-state index contributed by atoms with van der Waals surface area (Å²) in [6, 6.07) is 8.55. The lowest BCUT2D eigenvalue weighted by Gasteiger charge is -2.24. The fraction of sp³-hybridized carbons (Fsp3) is 0.400. The van der Waals surface area contributed by atoms with Crippen molar-refractivity contribution in [2.75, 3.05) is 7.05 Å². The Balaban J connectivity index is 2.26. The lowest BCUT2D eigenvalue weighted by molar-refractivity contribution is -0.141. The van der Waals surface area contributed by atoms with Gasteiger partial charge in [-0.1, -0.05) is 29.8 Å². The van der Waals surface area contributed by atoms with Crippen molar-refractivity contribution >= 4 is 0 Å². The van der Waals surface area contributed by atoms with Gasteiger partial charge in [0.1, 0.15) is 0 Å². The number of nitrogens with one attached hydrogen (secondary N) is 1. The zero-order valence-electron chi connectivity index (χ0n) is 12.1. The molecular weight excluding hydrogens is 279 g/mol. The van der Waals surface area contributed by atoms with Crippen molar-refractivity contribution in [2.24, 2.45) is 0 Å². The third-order valence-corrected chi connectivity index (χ3v) is 3.55. The van der Waals surface area contributed by atoms with E-state index in [0.29, 0.717) is 0 Å². The number of aryl methyl sites for hydroxylation is 1. The average Bonchev–Trinajstić information content (AvgIpc) is 2.91. The Morgan fingerprint density at radius 3 is 2.24 bits per heavy atom. The van der Waals surface area contributed by atoms with E-state index >= 15 is 0 Å². The molecular formula is C15H18F3N3. The van der Waals surface area contributed by atoms with Crippen LogP contribution in [0.1, 0.15) is 35.8 Å². The maximum atomic E-state index is 12.6. The maximum Gasteiger partial charge on any atom is 0.435 e. The van der Waals surface area contributed by atoms with Gasteiger partial charge < -0.3 is 5.32 Å². The van der Waals surface area contributed by atoms with E-state index in [-0.39, 0.29) is 12.1 Å². The van der Waals surface area contributed by atoms with Gasteiger partial charge in [-0.3, -0.25) is 4.68 Å². The molecule has 0 saturated heterocycles. The monoisotopic (exact) mass is 297 g/mol. The molecule has 0 fully saturated rings. The standard InChI is InChI=1S/C15H18F3N3/c1-10-4-6-12(7-5-10)14(19-3)11(2)21-9-8-13(20-21)15(16,17)18/h4-9,11,14,19H,1-3H3. The average molecular weight is 297 g/mol. The Morgan fingerprint density at radius 1 is 1.14 bits per heavy atom. The van der Waals surface area contributed by atoms with E-state index in [9.17, 15) is 13.2 Å². The van der Waals surface area contributed by atoms with Crippen molar-refractivity contribution in [3.05, 3.63) is 53.3 Å². The van der Waals surface area contributed by atoms with Gasteiger partial charge >= 0.3 is 6.18 Å². The highest BCUT2D eigenvalue weighted by molar-refractivity contribution is 5.25. The summed E-state index contributed by atoms with van der Waals surface area (Å²) in [6.07, 6.45) is -3.05. The Bertz CT molecular complexity index is 587. The lowest BCUT2D eigenvalue weighted by Crippen LogP contribution is -2.26. The Kier molecular flexibility index (Phi) is 4.37. The second kappa shape index (κ2) is 5.89. The molecule has 1 aromatic heterocycles. The zero-order valence-corrected chi connectivity index (χ0v) is 12.1. The number of rotatable bonds is 4. The Morgan fingerprint density at radius 2 is 1.76 bits per heavy atom. The molecule has 1 aromatic carbocycles. The van der Waals surface area contributed by atoms with Crippen LogP contribution in [-0.2, 0) is 6.18 Å². The summed E-state index contributed by atoms with van der Waals surface area (Å²) in [5.41, 5.74) is 1.28. The number of nitrogens with zero attached hydrogens (tertiary/aromatic N) is 2. The number of halogens is 3. The first-order valence-electron chi connectivity index (χ1n) is 6.69. The van der Waals surface area contributed by atoms with E-state index in [1.165, 1.54) is 10.9 Å². The smallest absolute Gasteiger partial charge is 0.311 e. The molecule has 0 aliphatic carbocycles. The van der Waals surface area contributed by atoms with Crippen molar-refractivity contribution in [2.45, 2.75) is 32.1 Å². The van der Waals surface area contributed by atoms with Crippen molar-refractivity contribution < 1.29 is 13.2 Å². The molecule has 114 valence electrons. The van der Waals surface area contributed by atoms with Crippen molar-refractivity contribution in [3.8, 4) is 0 Å². The van der Waals surface area contributed by atoms with Crippen LogP contribution in [-0.4, -0.2) is 16.8 Å². The first-order chi connectivity index (χ1) is 9.82. The van der Waals surface area contributed by atoms with E-state index in [1.54, 1.807) is 7.05 Å². The van der Waals surface area contributed by atoms with Crippen molar-refractivity contribution in [1.29, 1.82) is 0 Å². The summed E-state index contributed by atoms with van der Waals surface area (Å²) in [6.45, 7) is 3.83. The van der Waals surface area contributed by atoms with Gasteiger partial charge in [0.15, 0.2) is 5.69 Å². The zero-order chi connectivity index (χ0) is 15.6. The number of likely N-dealkylation sites (N-methyl/N-ethyl adjacent to an activating group) is 1. The largest absolute Gasteiger partial charge is 0.435 e. The molecule has 3 nitrogen and oxygen atoms in total. The van der Waals surface area contributed by atoms with Gasteiger partial charge in [-0.25, -0.2) is 0 Å². The van der Waals surface area contributed by atoms with Gasteiger partial charge in [-0.15, -0.1) is 0 Å². The second-order valence-corrected chi connectivity index (χ2v) is 5.10. The third-order valence-electron chi connectivity index (χ3n) is 3.55. The number of hydrogen-bond donors (Lipinski definition) is 1. The molecule has 0 bridgehead atoms. The van der Waals surface area contributed by atoms with Gasteiger partial charge in [0.25, 0.3) is 0 Å². The van der Waals surface area contributed by atoms with E-state index in [1.807, 2.05) is 38.1 Å². The molecule has 6 heteroatoms. The molecule has 1 N–H and O–H groups in total. The molecule has 2 unspecified atom stereocenters. The predicted molar refractivity (Wildman–Crippen MR) is 74.9 cm³/mol. The van der Waals surface area contributed by atoms with Crippen LogP contribution in [0.5, 0.6) is 0 Å². The SMILES string of the molecule is CNC(c1ccc(C)cc1)C(C)n1ccc(C(F)(F)F)n1. The summed E-state index contributed by atoms with van der Waals surface area (Å²) in [7, 11) is 1.79. The first kappa shape index (κ1) is 15.6. The summed E-state index contributed by atoms with van der Waals surface area (Å²) >= 11 is 0. The molecule has 0 saturated carbocycles. The highest BCUT2D eigenvalue weighted by Crippen LogP contribution is 2.30. The maximum absolute atomic E-state index is 12.6. The fourth-order valence-electron chi connectivity index (χ4n) is 2.33. The number of aromatic nitrogens is 2. The minimum atomic E-state index is -4.41. The lowest BCUT2D eigenvalue weighted by atomic mass is 10.00. The molecule has 2 atom stereocenters. The van der Waals surface area contributed by atoms with Gasteiger partial charge in [0.2, 0.25) is 0 Å². The summed E-state index contributed by atoms with van der Waals surface area (Å²) in [5, 5.41) is 6.79. The van der Waals surface area contributed by atoms with E-state index in [0.717, 1.165) is 17.2 Å². The molecule has 0 aliphatic rings. The van der Waals surface area contributed by atoms with Crippen LogP contribution in [0.15, 0.2) is 36.5 Å². The van der Waals surface area contributed by atoms with Gasteiger partial charge in [0, 0.05) is 6.20 Å². The number of benzene rings is 1. The van der Waals surface area contributed by atoms with Gasteiger partial charge in [-0.2, -0.15) is 18.3 Å². The van der Waals surface area contributed by atoms with Crippen LogP contribution in [0.3, 0.4) is 0 Å². The minimum absolute atomic E-state index is 0.119. The number of hydrogen-bond acceptors (Lipinski definition) is 2. The van der Waals surface area contributed by atoms with Crippen LogP contribution < -0.4 is 5.32 Å². The van der Waals surface area contributed by atoms with Crippen molar-refractivity contribution in [3.63, 3.8) is 0 Å². The molecule has 0 radical (unpaired) electrons. The molecule has 1 heterocycles. The van der Waals surface area contributed by atoms with Crippen LogP contribution in [0, 0.1) is 6.92 Å². The first-order valence-corrected chi connectivity index (χ1v) is 6.69. The third kappa shape index (κ3) is 3.44. The summed E-state index contributed by atoms with van der Waals surface area (Å²) in [4.78, 5) is 0. The summed E-state index contributed by atoms with van der Waals surface area (Å²) < 4.78 is 39.2. The Hall–Kier alpha value is -1.82. The second-order valence-electron chi connectivity index (χ2n) is 5.10. The molecule has 0 aliphatic heterocycles. The van der Waals surface area contributed by atoms with E-state index in [2.05, 4.69) is 10.4 Å². The Labute approximate surface area is 121 Å². The van der Waals surface area contributed by atoms with Gasteiger partial charge in [0.05, 0.1) is 12.1 Å². The molecule has 0 spiro atoms. The van der Waals surface area contributed by atoms with Crippen LogP contribution >= 0.6 is 0 Å². The highest BCUT2D eigenvalue weighted by atomic mass is 19.4.